The number of nitrogens with one attached hydrogen (secondary N) is 1. The topological polar surface area (TPSA) is 25.2 Å². The van der Waals surface area contributed by atoms with Crippen LogP contribution in [0.25, 0.3) is 0 Å². The molecular formula is C12H8BrF4NO. The van der Waals surface area contributed by atoms with E-state index in [9.17, 15) is 17.6 Å². The molecule has 0 aliphatic rings. The van der Waals surface area contributed by atoms with E-state index in [1.807, 2.05) is 0 Å². The van der Waals surface area contributed by atoms with Gasteiger partial charge in [0.15, 0.2) is 4.67 Å². The van der Waals surface area contributed by atoms with Gasteiger partial charge < -0.3 is 9.73 Å². The zero-order valence-corrected chi connectivity index (χ0v) is 11.0. The molecule has 0 saturated carbocycles. The van der Waals surface area contributed by atoms with E-state index in [0.717, 1.165) is 12.1 Å². The van der Waals surface area contributed by atoms with E-state index in [0.29, 0.717) is 16.5 Å². The van der Waals surface area contributed by atoms with Gasteiger partial charge in [-0.15, -0.1) is 0 Å². The van der Waals surface area contributed by atoms with Crippen LogP contribution in [0.4, 0.5) is 23.2 Å². The Morgan fingerprint density at radius 2 is 1.89 bits per heavy atom. The molecule has 0 bridgehead atoms. The van der Waals surface area contributed by atoms with Crippen LogP contribution in [0.3, 0.4) is 0 Å². The third-order valence-electron chi connectivity index (χ3n) is 2.38. The minimum Gasteiger partial charge on any atom is -0.452 e. The lowest BCUT2D eigenvalue weighted by atomic mass is 10.2. The van der Waals surface area contributed by atoms with Crippen LogP contribution in [0.5, 0.6) is 0 Å². The SMILES string of the molecule is Fc1ccc(C(F)(F)F)cc1NCc1ccc(Br)o1. The molecule has 0 atom stereocenters. The summed E-state index contributed by atoms with van der Waals surface area (Å²) in [5.41, 5.74) is -1.13. The highest BCUT2D eigenvalue weighted by Gasteiger charge is 2.31. The molecule has 0 unspecified atom stereocenters. The van der Waals surface area contributed by atoms with Crippen LogP contribution in [-0.4, -0.2) is 0 Å². The van der Waals surface area contributed by atoms with E-state index < -0.39 is 17.6 Å². The minimum absolute atomic E-state index is 0.0871. The van der Waals surface area contributed by atoms with E-state index in [2.05, 4.69) is 21.2 Å². The highest BCUT2D eigenvalue weighted by atomic mass is 79.9. The van der Waals surface area contributed by atoms with Gasteiger partial charge in [0.2, 0.25) is 0 Å². The maximum atomic E-state index is 13.4. The van der Waals surface area contributed by atoms with E-state index in [1.54, 1.807) is 12.1 Å². The summed E-state index contributed by atoms with van der Waals surface area (Å²) in [4.78, 5) is 0. The van der Waals surface area contributed by atoms with Crippen molar-refractivity contribution in [3.8, 4) is 0 Å². The summed E-state index contributed by atoms with van der Waals surface area (Å²) < 4.78 is 56.5. The van der Waals surface area contributed by atoms with Crippen LogP contribution >= 0.6 is 15.9 Å². The summed E-state index contributed by atoms with van der Waals surface area (Å²) >= 11 is 3.09. The fraction of sp³-hybridized carbons (Fsp3) is 0.167. The minimum atomic E-state index is -4.50. The normalized spacial score (nSPS) is 11.6. The first-order valence-electron chi connectivity index (χ1n) is 5.21. The zero-order valence-electron chi connectivity index (χ0n) is 9.39. The Labute approximate surface area is 114 Å². The van der Waals surface area contributed by atoms with Crippen LogP contribution < -0.4 is 5.32 Å². The highest BCUT2D eigenvalue weighted by Crippen LogP contribution is 2.32. The van der Waals surface area contributed by atoms with Gasteiger partial charge in [-0.05, 0) is 46.3 Å². The second-order valence-corrected chi connectivity index (χ2v) is 4.53. The fourth-order valence-electron chi connectivity index (χ4n) is 1.47. The van der Waals surface area contributed by atoms with Crippen molar-refractivity contribution in [2.45, 2.75) is 12.7 Å². The summed E-state index contributed by atoms with van der Waals surface area (Å²) in [6.45, 7) is 0.0871. The van der Waals surface area contributed by atoms with Crippen LogP contribution in [0.1, 0.15) is 11.3 Å². The molecule has 19 heavy (non-hydrogen) atoms. The van der Waals surface area contributed by atoms with E-state index in [4.69, 9.17) is 4.42 Å². The average molecular weight is 338 g/mol. The monoisotopic (exact) mass is 337 g/mol. The Kier molecular flexibility index (Phi) is 3.84. The lowest BCUT2D eigenvalue weighted by Crippen LogP contribution is -2.07. The summed E-state index contributed by atoms with van der Waals surface area (Å²) in [5.74, 6) is -0.276. The Balaban J connectivity index is 2.15. The third-order valence-corrected chi connectivity index (χ3v) is 2.80. The maximum absolute atomic E-state index is 13.4. The van der Waals surface area contributed by atoms with Gasteiger partial charge in [0.05, 0.1) is 17.8 Å². The summed E-state index contributed by atoms with van der Waals surface area (Å²) in [5, 5.41) is 2.57. The second kappa shape index (κ2) is 5.24. The molecule has 0 saturated heterocycles. The van der Waals surface area contributed by atoms with E-state index >= 15 is 0 Å². The summed E-state index contributed by atoms with van der Waals surface area (Å²) in [6, 6.07) is 5.47. The molecule has 102 valence electrons. The lowest BCUT2D eigenvalue weighted by Gasteiger charge is -2.10. The molecule has 0 aliphatic carbocycles. The Morgan fingerprint density at radius 1 is 1.16 bits per heavy atom. The van der Waals surface area contributed by atoms with Crippen molar-refractivity contribution >= 4 is 21.6 Å². The van der Waals surface area contributed by atoms with Gasteiger partial charge in [0, 0.05) is 0 Å². The Hall–Kier alpha value is -1.50. The van der Waals surface area contributed by atoms with E-state index in [-0.39, 0.29) is 12.2 Å². The molecule has 1 N–H and O–H groups in total. The first-order valence-corrected chi connectivity index (χ1v) is 6.00. The number of anilines is 1. The fourth-order valence-corrected chi connectivity index (χ4v) is 1.81. The number of hydrogen-bond donors (Lipinski definition) is 1. The molecular weight excluding hydrogens is 330 g/mol. The maximum Gasteiger partial charge on any atom is 0.416 e. The molecule has 1 aromatic carbocycles. The highest BCUT2D eigenvalue weighted by molar-refractivity contribution is 9.10. The molecule has 0 radical (unpaired) electrons. The van der Waals surface area contributed by atoms with E-state index in [1.165, 1.54) is 0 Å². The molecule has 0 amide bonds. The van der Waals surface area contributed by atoms with Gasteiger partial charge in [-0.25, -0.2) is 4.39 Å². The second-order valence-electron chi connectivity index (χ2n) is 3.75. The number of furan rings is 1. The smallest absolute Gasteiger partial charge is 0.416 e. The van der Waals surface area contributed by atoms with Crippen LogP contribution in [-0.2, 0) is 12.7 Å². The van der Waals surface area contributed by atoms with Crippen molar-refractivity contribution in [3.63, 3.8) is 0 Å². The molecule has 1 heterocycles. The van der Waals surface area contributed by atoms with Crippen LogP contribution in [0.2, 0.25) is 0 Å². The Bertz CT molecular complexity index is 579. The molecule has 7 heteroatoms. The molecule has 2 nitrogen and oxygen atoms in total. The number of hydrogen-bond acceptors (Lipinski definition) is 2. The van der Waals surface area contributed by atoms with Crippen molar-refractivity contribution in [1.82, 2.24) is 0 Å². The van der Waals surface area contributed by atoms with Gasteiger partial charge in [0.25, 0.3) is 0 Å². The lowest BCUT2D eigenvalue weighted by molar-refractivity contribution is -0.137. The van der Waals surface area contributed by atoms with Crippen LogP contribution in [0.15, 0.2) is 39.4 Å². The predicted molar refractivity (Wildman–Crippen MR) is 65.1 cm³/mol. The van der Waals surface area contributed by atoms with Gasteiger partial charge in [-0.1, -0.05) is 0 Å². The molecule has 1 aromatic heterocycles. The largest absolute Gasteiger partial charge is 0.452 e. The standard InChI is InChI=1S/C12H8BrF4NO/c13-11-4-2-8(19-11)6-18-10-5-7(12(15,16)17)1-3-9(10)14/h1-5,18H,6H2. The number of rotatable bonds is 3. The molecule has 2 rings (SSSR count). The molecule has 0 spiro atoms. The zero-order chi connectivity index (χ0) is 14.0. The quantitative estimate of drug-likeness (QED) is 0.813. The molecule has 0 fully saturated rings. The third kappa shape index (κ3) is 3.50. The van der Waals surface area contributed by atoms with Gasteiger partial charge in [0.1, 0.15) is 11.6 Å². The van der Waals surface area contributed by atoms with Crippen molar-refractivity contribution in [2.24, 2.45) is 0 Å². The van der Waals surface area contributed by atoms with Gasteiger partial charge in [-0.2, -0.15) is 13.2 Å². The number of alkyl halides is 3. The summed E-state index contributed by atoms with van der Waals surface area (Å²) in [7, 11) is 0. The molecule has 2 aromatic rings. The first kappa shape index (κ1) is 13.9. The van der Waals surface area contributed by atoms with Crippen molar-refractivity contribution < 1.29 is 22.0 Å². The van der Waals surface area contributed by atoms with Crippen LogP contribution in [0, 0.1) is 5.82 Å². The molecule has 0 aliphatic heterocycles. The van der Waals surface area contributed by atoms with Crippen molar-refractivity contribution in [3.05, 3.63) is 52.1 Å². The van der Waals surface area contributed by atoms with Gasteiger partial charge in [-0.3, -0.25) is 0 Å². The Morgan fingerprint density at radius 3 is 2.47 bits per heavy atom. The first-order chi connectivity index (χ1) is 8.86. The number of halogens is 5. The van der Waals surface area contributed by atoms with Gasteiger partial charge >= 0.3 is 6.18 Å². The average Bonchev–Trinajstić information content (AvgIpc) is 2.72. The summed E-state index contributed by atoms with van der Waals surface area (Å²) in [6.07, 6.45) is -4.50. The number of benzene rings is 1. The van der Waals surface area contributed by atoms with Crippen molar-refractivity contribution in [2.75, 3.05) is 5.32 Å². The predicted octanol–water partition coefficient (Wildman–Crippen LogP) is 4.81. The van der Waals surface area contributed by atoms with Crippen molar-refractivity contribution in [1.29, 1.82) is 0 Å².